The van der Waals surface area contributed by atoms with Crippen molar-refractivity contribution in [1.29, 1.82) is 0 Å². The fourth-order valence-electron chi connectivity index (χ4n) is 2.62. The maximum atomic E-state index is 11.3. The highest BCUT2D eigenvalue weighted by atomic mass is 16.3. The van der Waals surface area contributed by atoms with Crippen LogP contribution in [0.4, 0.5) is 0 Å². The molecule has 0 aliphatic rings. The van der Waals surface area contributed by atoms with Gasteiger partial charge in [0.25, 0.3) is 0 Å². The highest BCUT2D eigenvalue weighted by Gasteiger charge is 2.11. The zero-order valence-electron chi connectivity index (χ0n) is 12.3. The van der Waals surface area contributed by atoms with Crippen LogP contribution in [0.2, 0.25) is 0 Å². The van der Waals surface area contributed by atoms with E-state index >= 15 is 0 Å². The Morgan fingerprint density at radius 3 is 2.27 bits per heavy atom. The second-order valence-corrected chi connectivity index (χ2v) is 5.21. The van der Waals surface area contributed by atoms with E-state index in [0.717, 1.165) is 27.5 Å². The molecule has 2 nitrogen and oxygen atoms in total. The average molecular weight is 288 g/mol. The molecule has 108 valence electrons. The molecule has 0 radical (unpaired) electrons. The molecule has 0 heterocycles. The number of hydrogen-bond donors (Lipinski definition) is 1. The quantitative estimate of drug-likeness (QED) is 0.702. The second kappa shape index (κ2) is 5.86. The predicted molar refractivity (Wildman–Crippen MR) is 90.8 cm³/mol. The van der Waals surface area contributed by atoms with Gasteiger partial charge in [-0.05, 0) is 41.1 Å². The van der Waals surface area contributed by atoms with E-state index in [0.29, 0.717) is 0 Å². The molecular formula is C20H16O2. The van der Waals surface area contributed by atoms with E-state index in [4.69, 9.17) is 0 Å². The Labute approximate surface area is 129 Å². The first-order valence-corrected chi connectivity index (χ1v) is 7.15. The van der Waals surface area contributed by atoms with Crippen molar-refractivity contribution in [3.63, 3.8) is 0 Å². The Kier molecular flexibility index (Phi) is 3.75. The van der Waals surface area contributed by atoms with E-state index in [1.807, 2.05) is 60.7 Å². The highest BCUT2D eigenvalue weighted by molar-refractivity contribution is 6.03. The molecule has 3 aromatic carbocycles. The van der Waals surface area contributed by atoms with Gasteiger partial charge in [0.2, 0.25) is 0 Å². The lowest BCUT2D eigenvalue weighted by Crippen LogP contribution is -1.89. The number of hydrogen-bond acceptors (Lipinski definition) is 2. The molecule has 0 saturated carbocycles. The van der Waals surface area contributed by atoms with Gasteiger partial charge in [-0.3, -0.25) is 4.79 Å². The minimum atomic E-state index is -0.00355. The van der Waals surface area contributed by atoms with Crippen LogP contribution in [0.5, 0.6) is 5.75 Å². The lowest BCUT2D eigenvalue weighted by atomic mass is 9.93. The van der Waals surface area contributed by atoms with Crippen molar-refractivity contribution in [2.45, 2.75) is 6.92 Å². The number of carbonyl (C=O) groups excluding carboxylic acids is 1. The fraction of sp³-hybridized carbons (Fsp3) is 0.0500. The van der Waals surface area contributed by atoms with Crippen molar-refractivity contribution in [3.8, 4) is 16.9 Å². The molecule has 2 heteroatoms. The SMILES string of the molecule is CC(=O)/C=C/c1c(-c2ccccc2)cc(O)c2ccccc12. The van der Waals surface area contributed by atoms with Crippen LogP contribution in [0.1, 0.15) is 12.5 Å². The van der Waals surface area contributed by atoms with E-state index in [-0.39, 0.29) is 11.5 Å². The zero-order valence-corrected chi connectivity index (χ0v) is 12.3. The molecule has 0 bridgehead atoms. The van der Waals surface area contributed by atoms with Crippen LogP contribution < -0.4 is 0 Å². The van der Waals surface area contributed by atoms with E-state index < -0.39 is 0 Å². The van der Waals surface area contributed by atoms with Crippen molar-refractivity contribution >= 4 is 22.6 Å². The molecule has 0 fully saturated rings. The number of aromatic hydroxyl groups is 1. The van der Waals surface area contributed by atoms with Gasteiger partial charge in [-0.1, -0.05) is 60.7 Å². The molecule has 0 saturated heterocycles. The van der Waals surface area contributed by atoms with Gasteiger partial charge in [0.05, 0.1) is 0 Å². The Hall–Kier alpha value is -2.87. The van der Waals surface area contributed by atoms with Gasteiger partial charge < -0.3 is 5.11 Å². The summed E-state index contributed by atoms with van der Waals surface area (Å²) < 4.78 is 0. The van der Waals surface area contributed by atoms with Crippen LogP contribution in [-0.4, -0.2) is 10.9 Å². The number of allylic oxidation sites excluding steroid dienone is 1. The monoisotopic (exact) mass is 288 g/mol. The minimum absolute atomic E-state index is 0.00355. The van der Waals surface area contributed by atoms with Crippen LogP contribution in [-0.2, 0) is 4.79 Å². The van der Waals surface area contributed by atoms with Crippen LogP contribution in [0.25, 0.3) is 28.0 Å². The molecule has 3 rings (SSSR count). The van der Waals surface area contributed by atoms with Gasteiger partial charge in [0, 0.05) is 5.39 Å². The molecule has 0 aromatic heterocycles. The van der Waals surface area contributed by atoms with Crippen LogP contribution in [0, 0.1) is 0 Å². The second-order valence-electron chi connectivity index (χ2n) is 5.21. The Morgan fingerprint density at radius 2 is 1.59 bits per heavy atom. The van der Waals surface area contributed by atoms with Crippen LogP contribution >= 0.6 is 0 Å². The molecule has 0 aliphatic carbocycles. The molecular weight excluding hydrogens is 272 g/mol. The molecule has 0 aliphatic heterocycles. The Balaban J connectivity index is 2.35. The van der Waals surface area contributed by atoms with Crippen molar-refractivity contribution in [1.82, 2.24) is 0 Å². The topological polar surface area (TPSA) is 37.3 Å². The predicted octanol–water partition coefficient (Wildman–Crippen LogP) is 4.81. The van der Waals surface area contributed by atoms with Crippen molar-refractivity contribution < 1.29 is 9.90 Å². The van der Waals surface area contributed by atoms with Crippen LogP contribution in [0.3, 0.4) is 0 Å². The average Bonchev–Trinajstić information content (AvgIpc) is 2.54. The number of rotatable bonds is 3. The number of benzene rings is 3. The minimum Gasteiger partial charge on any atom is -0.507 e. The van der Waals surface area contributed by atoms with Crippen molar-refractivity contribution in [2.75, 3.05) is 0 Å². The van der Waals surface area contributed by atoms with E-state index in [1.165, 1.54) is 6.92 Å². The largest absolute Gasteiger partial charge is 0.507 e. The maximum Gasteiger partial charge on any atom is 0.152 e. The van der Waals surface area contributed by atoms with Crippen molar-refractivity contribution in [2.24, 2.45) is 0 Å². The standard InChI is InChI=1S/C20H16O2/c1-14(21)11-12-17-16-9-5-6-10-18(16)20(22)13-19(17)15-7-3-2-4-8-15/h2-13,22H,1H3/b12-11+. The summed E-state index contributed by atoms with van der Waals surface area (Å²) in [6.45, 7) is 1.53. The van der Waals surface area contributed by atoms with Gasteiger partial charge in [-0.2, -0.15) is 0 Å². The molecule has 0 spiro atoms. The lowest BCUT2D eigenvalue weighted by molar-refractivity contribution is -0.112. The third-order valence-corrected chi connectivity index (χ3v) is 3.63. The van der Waals surface area contributed by atoms with Gasteiger partial charge in [-0.25, -0.2) is 0 Å². The summed E-state index contributed by atoms with van der Waals surface area (Å²) in [6, 6.07) is 19.3. The molecule has 22 heavy (non-hydrogen) atoms. The number of phenols is 1. The first-order chi connectivity index (χ1) is 10.7. The molecule has 3 aromatic rings. The van der Waals surface area contributed by atoms with Gasteiger partial charge in [0.15, 0.2) is 5.78 Å². The van der Waals surface area contributed by atoms with Crippen molar-refractivity contribution in [3.05, 3.63) is 72.3 Å². The summed E-state index contributed by atoms with van der Waals surface area (Å²) in [5.41, 5.74) is 2.86. The normalized spacial score (nSPS) is 11.1. The van der Waals surface area contributed by atoms with Crippen LogP contribution in [0.15, 0.2) is 66.7 Å². The number of fused-ring (bicyclic) bond motifs is 1. The summed E-state index contributed by atoms with van der Waals surface area (Å²) in [7, 11) is 0. The molecule has 0 amide bonds. The Morgan fingerprint density at radius 1 is 0.955 bits per heavy atom. The zero-order chi connectivity index (χ0) is 15.5. The molecule has 1 N–H and O–H groups in total. The smallest absolute Gasteiger partial charge is 0.152 e. The first kappa shape index (κ1) is 14.1. The number of ketones is 1. The highest BCUT2D eigenvalue weighted by Crippen LogP contribution is 2.36. The summed E-state index contributed by atoms with van der Waals surface area (Å²) in [4.78, 5) is 11.3. The summed E-state index contributed by atoms with van der Waals surface area (Å²) in [5, 5.41) is 12.0. The Bertz CT molecular complexity index is 862. The van der Waals surface area contributed by atoms with Gasteiger partial charge in [0.1, 0.15) is 5.75 Å². The third kappa shape index (κ3) is 2.63. The van der Waals surface area contributed by atoms with E-state index in [1.54, 1.807) is 12.1 Å². The van der Waals surface area contributed by atoms with E-state index in [2.05, 4.69) is 0 Å². The summed E-state index contributed by atoms with van der Waals surface area (Å²) >= 11 is 0. The lowest BCUT2D eigenvalue weighted by Gasteiger charge is -2.12. The number of phenolic OH excluding ortho intramolecular Hbond substituents is 1. The first-order valence-electron chi connectivity index (χ1n) is 7.15. The molecule has 0 unspecified atom stereocenters. The fourth-order valence-corrected chi connectivity index (χ4v) is 2.62. The summed E-state index contributed by atoms with van der Waals surface area (Å²) in [6.07, 6.45) is 3.39. The maximum absolute atomic E-state index is 11.3. The third-order valence-electron chi connectivity index (χ3n) is 3.63. The summed E-state index contributed by atoms with van der Waals surface area (Å²) in [5.74, 6) is 0.241. The molecule has 0 atom stereocenters. The number of carbonyl (C=O) groups is 1. The van der Waals surface area contributed by atoms with Gasteiger partial charge >= 0.3 is 0 Å². The van der Waals surface area contributed by atoms with E-state index in [9.17, 15) is 9.90 Å². The van der Waals surface area contributed by atoms with Gasteiger partial charge in [-0.15, -0.1) is 0 Å².